The van der Waals surface area contributed by atoms with Crippen molar-refractivity contribution in [3.63, 3.8) is 0 Å². The molecule has 2 N–H and O–H groups in total. The molecule has 2 aromatic rings. The summed E-state index contributed by atoms with van der Waals surface area (Å²) in [4.78, 5) is 12.5. The minimum atomic E-state index is -0.352. The number of likely N-dealkylation sites (N-methyl/N-ethyl adjacent to an activating group) is 1. The Morgan fingerprint density at radius 1 is 1.50 bits per heavy atom. The highest BCUT2D eigenvalue weighted by atomic mass is 16.5. The molecule has 0 unspecified atom stereocenters. The van der Waals surface area contributed by atoms with Gasteiger partial charge in [-0.05, 0) is 19.2 Å². The number of fused-ring (bicyclic) bond motifs is 1. The predicted molar refractivity (Wildman–Crippen MR) is 59.5 cm³/mol. The summed E-state index contributed by atoms with van der Waals surface area (Å²) in [6.07, 6.45) is 0. The van der Waals surface area contributed by atoms with E-state index in [1.54, 1.807) is 4.90 Å². The van der Waals surface area contributed by atoms with Crippen LogP contribution in [-0.4, -0.2) is 29.6 Å². The molecule has 2 rings (SSSR count). The van der Waals surface area contributed by atoms with Crippen LogP contribution in [0.15, 0.2) is 28.8 Å². The van der Waals surface area contributed by atoms with Gasteiger partial charge in [0.1, 0.15) is 5.69 Å². The van der Waals surface area contributed by atoms with Gasteiger partial charge >= 0.3 is 0 Å². The van der Waals surface area contributed by atoms with Crippen LogP contribution >= 0.6 is 0 Å². The molecule has 0 bridgehead atoms. The number of aromatic nitrogens is 1. The van der Waals surface area contributed by atoms with Gasteiger partial charge in [-0.1, -0.05) is 17.3 Å². The summed E-state index contributed by atoms with van der Waals surface area (Å²) in [7, 11) is 1.81. The Bertz CT molecular complexity index is 507. The van der Waals surface area contributed by atoms with Gasteiger partial charge in [0.2, 0.25) is 5.91 Å². The van der Waals surface area contributed by atoms with Gasteiger partial charge in [-0.3, -0.25) is 9.69 Å². The number of nitrogens with two attached hydrogens (primary N) is 1. The average molecular weight is 219 g/mol. The first-order chi connectivity index (χ1) is 7.66. The van der Waals surface area contributed by atoms with Crippen LogP contribution in [0.25, 0.3) is 11.0 Å². The molecule has 0 radical (unpaired) electrons. The summed E-state index contributed by atoms with van der Waals surface area (Å²) in [6, 6.07) is 7.63. The van der Waals surface area contributed by atoms with Crippen molar-refractivity contribution in [2.45, 2.75) is 6.54 Å². The molecule has 0 aliphatic heterocycles. The predicted octanol–water partition coefficient (Wildman–Crippen LogP) is 0.745. The molecule has 0 spiro atoms. The van der Waals surface area contributed by atoms with Crippen LogP contribution in [0.1, 0.15) is 5.69 Å². The third-order valence-corrected chi connectivity index (χ3v) is 2.30. The van der Waals surface area contributed by atoms with Gasteiger partial charge in [-0.2, -0.15) is 0 Å². The zero-order chi connectivity index (χ0) is 11.5. The molecule has 0 aliphatic carbocycles. The third-order valence-electron chi connectivity index (χ3n) is 2.30. The van der Waals surface area contributed by atoms with Gasteiger partial charge in [0.15, 0.2) is 5.58 Å². The van der Waals surface area contributed by atoms with Crippen molar-refractivity contribution < 1.29 is 9.32 Å². The lowest BCUT2D eigenvalue weighted by atomic mass is 10.2. The highest BCUT2D eigenvalue weighted by Gasteiger charge is 2.10. The number of amides is 1. The van der Waals surface area contributed by atoms with Crippen LogP contribution in [0, 0.1) is 0 Å². The quantitative estimate of drug-likeness (QED) is 0.823. The summed E-state index contributed by atoms with van der Waals surface area (Å²) in [5.74, 6) is -0.352. The Balaban J connectivity index is 2.18. The zero-order valence-electron chi connectivity index (χ0n) is 9.01. The van der Waals surface area contributed by atoms with Crippen molar-refractivity contribution in [3.05, 3.63) is 30.0 Å². The fraction of sp³-hybridized carbons (Fsp3) is 0.273. The number of hydrogen-bond acceptors (Lipinski definition) is 4. The summed E-state index contributed by atoms with van der Waals surface area (Å²) in [6.45, 7) is 0.751. The molecular formula is C11H13N3O2. The molecule has 5 nitrogen and oxygen atoms in total. The maximum Gasteiger partial charge on any atom is 0.231 e. The second kappa shape index (κ2) is 4.32. The van der Waals surface area contributed by atoms with E-state index in [4.69, 9.17) is 10.3 Å². The summed E-state index contributed by atoms with van der Waals surface area (Å²) in [5.41, 5.74) is 6.68. The van der Waals surface area contributed by atoms with Crippen LogP contribution in [-0.2, 0) is 11.3 Å². The second-order valence-electron chi connectivity index (χ2n) is 3.76. The molecule has 0 atom stereocenters. The van der Waals surface area contributed by atoms with E-state index in [9.17, 15) is 4.79 Å². The van der Waals surface area contributed by atoms with E-state index >= 15 is 0 Å². The normalized spacial score (nSPS) is 11.1. The highest BCUT2D eigenvalue weighted by Crippen LogP contribution is 2.18. The van der Waals surface area contributed by atoms with E-state index in [1.165, 1.54) is 0 Å². The first kappa shape index (κ1) is 10.6. The summed E-state index contributed by atoms with van der Waals surface area (Å²) >= 11 is 0. The Kier molecular flexibility index (Phi) is 2.87. The molecule has 0 saturated heterocycles. The van der Waals surface area contributed by atoms with Crippen LogP contribution in [0.4, 0.5) is 0 Å². The number of primary amides is 1. The Labute approximate surface area is 92.8 Å². The largest absolute Gasteiger partial charge is 0.369 e. The molecule has 84 valence electrons. The van der Waals surface area contributed by atoms with Crippen molar-refractivity contribution in [1.29, 1.82) is 0 Å². The number of carbonyl (C=O) groups excluding carboxylic acids is 1. The van der Waals surface area contributed by atoms with Crippen molar-refractivity contribution in [2.24, 2.45) is 5.73 Å². The molecule has 1 amide bonds. The van der Waals surface area contributed by atoms with Gasteiger partial charge in [-0.15, -0.1) is 0 Å². The topological polar surface area (TPSA) is 72.4 Å². The highest BCUT2D eigenvalue weighted by molar-refractivity contribution is 5.79. The van der Waals surface area contributed by atoms with Gasteiger partial charge < -0.3 is 10.3 Å². The van der Waals surface area contributed by atoms with Gasteiger partial charge in [0.05, 0.1) is 6.54 Å². The first-order valence-corrected chi connectivity index (χ1v) is 4.97. The Hall–Kier alpha value is -1.88. The van der Waals surface area contributed by atoms with E-state index in [0.717, 1.165) is 16.7 Å². The van der Waals surface area contributed by atoms with E-state index in [1.807, 2.05) is 31.3 Å². The number of nitrogens with zero attached hydrogens (tertiary/aromatic N) is 2. The average Bonchev–Trinajstić information content (AvgIpc) is 2.61. The number of rotatable bonds is 4. The van der Waals surface area contributed by atoms with E-state index < -0.39 is 0 Å². The lowest BCUT2D eigenvalue weighted by Crippen LogP contribution is -2.30. The Morgan fingerprint density at radius 3 is 3.00 bits per heavy atom. The number of para-hydroxylation sites is 1. The molecular weight excluding hydrogens is 206 g/mol. The zero-order valence-corrected chi connectivity index (χ0v) is 9.01. The standard InChI is InChI=1S/C11H13N3O2/c1-14(7-11(12)15)6-9-8-4-2-3-5-10(8)16-13-9/h2-5H,6-7H2,1H3,(H2,12,15). The molecule has 0 aliphatic rings. The van der Waals surface area contributed by atoms with Crippen LogP contribution < -0.4 is 5.73 Å². The molecule has 1 aromatic heterocycles. The molecule has 5 heteroatoms. The minimum Gasteiger partial charge on any atom is -0.369 e. The van der Waals surface area contributed by atoms with E-state index in [0.29, 0.717) is 6.54 Å². The van der Waals surface area contributed by atoms with Crippen LogP contribution in [0.2, 0.25) is 0 Å². The number of carbonyl (C=O) groups is 1. The minimum absolute atomic E-state index is 0.210. The number of benzene rings is 1. The van der Waals surface area contributed by atoms with Gasteiger partial charge in [-0.25, -0.2) is 0 Å². The lowest BCUT2D eigenvalue weighted by molar-refractivity contribution is -0.118. The third kappa shape index (κ3) is 2.20. The van der Waals surface area contributed by atoms with E-state index in [-0.39, 0.29) is 12.5 Å². The number of hydrogen-bond donors (Lipinski definition) is 1. The lowest BCUT2D eigenvalue weighted by Gasteiger charge is -2.11. The SMILES string of the molecule is CN(CC(N)=O)Cc1noc2ccccc12. The van der Waals surface area contributed by atoms with Crippen molar-refractivity contribution in [1.82, 2.24) is 10.1 Å². The van der Waals surface area contributed by atoms with E-state index in [2.05, 4.69) is 5.16 Å². The molecule has 16 heavy (non-hydrogen) atoms. The monoisotopic (exact) mass is 219 g/mol. The first-order valence-electron chi connectivity index (χ1n) is 4.97. The summed E-state index contributed by atoms with van der Waals surface area (Å²) in [5, 5.41) is 4.94. The molecule has 0 saturated carbocycles. The maximum absolute atomic E-state index is 10.7. The smallest absolute Gasteiger partial charge is 0.231 e. The van der Waals surface area contributed by atoms with Crippen molar-refractivity contribution >= 4 is 16.9 Å². The second-order valence-corrected chi connectivity index (χ2v) is 3.76. The van der Waals surface area contributed by atoms with Gasteiger partial charge in [0.25, 0.3) is 0 Å². The fourth-order valence-electron chi connectivity index (χ4n) is 1.63. The Morgan fingerprint density at radius 2 is 2.25 bits per heavy atom. The van der Waals surface area contributed by atoms with Crippen molar-refractivity contribution in [3.8, 4) is 0 Å². The van der Waals surface area contributed by atoms with Crippen LogP contribution in [0.5, 0.6) is 0 Å². The molecule has 1 heterocycles. The summed E-state index contributed by atoms with van der Waals surface area (Å²) < 4.78 is 5.16. The fourth-order valence-corrected chi connectivity index (χ4v) is 1.63. The molecule has 1 aromatic carbocycles. The van der Waals surface area contributed by atoms with Crippen molar-refractivity contribution in [2.75, 3.05) is 13.6 Å². The van der Waals surface area contributed by atoms with Gasteiger partial charge in [0, 0.05) is 11.9 Å². The van der Waals surface area contributed by atoms with Crippen LogP contribution in [0.3, 0.4) is 0 Å². The maximum atomic E-state index is 10.7. The molecule has 0 fully saturated rings.